The second-order valence-corrected chi connectivity index (χ2v) is 11.9. The highest BCUT2D eigenvalue weighted by atomic mass is 19.4. The van der Waals surface area contributed by atoms with Crippen LogP contribution >= 0.6 is 0 Å². The van der Waals surface area contributed by atoms with E-state index in [-0.39, 0.29) is 28.5 Å². The van der Waals surface area contributed by atoms with E-state index in [1.165, 1.54) is 0 Å². The summed E-state index contributed by atoms with van der Waals surface area (Å²) in [6.07, 6.45) is 0.791. The monoisotopic (exact) mass is 649 g/mol. The third kappa shape index (κ3) is 5.76. The van der Waals surface area contributed by atoms with Gasteiger partial charge in [0.15, 0.2) is 11.4 Å². The Morgan fingerprint density at radius 3 is 2.55 bits per heavy atom. The summed E-state index contributed by atoms with van der Waals surface area (Å²) in [4.78, 5) is 31.0. The van der Waals surface area contributed by atoms with Crippen molar-refractivity contribution in [3.8, 4) is 11.1 Å². The first-order valence-corrected chi connectivity index (χ1v) is 15.5. The van der Waals surface area contributed by atoms with Crippen molar-refractivity contribution in [1.29, 1.82) is 0 Å². The van der Waals surface area contributed by atoms with Crippen LogP contribution in [0.4, 0.5) is 30.5 Å². The second kappa shape index (κ2) is 12.2. The topological polar surface area (TPSA) is 122 Å². The van der Waals surface area contributed by atoms with Gasteiger partial charge >= 0.3 is 6.18 Å². The molecule has 1 atom stereocenters. The van der Waals surface area contributed by atoms with Crippen LogP contribution in [0.25, 0.3) is 33.2 Å². The molecule has 246 valence electrons. The van der Waals surface area contributed by atoms with Gasteiger partial charge in [0, 0.05) is 50.0 Å². The first kappa shape index (κ1) is 30.9. The average molecular weight is 650 g/mol. The maximum atomic E-state index is 13.1. The molecule has 8 rings (SSSR count). The number of nitrogens with one attached hydrogen (secondary N) is 2. The molecule has 3 aliphatic heterocycles. The number of nitrogens with zero attached hydrogens (tertiary/aromatic N) is 5. The molecule has 0 radical (unpaired) electrons. The van der Waals surface area contributed by atoms with E-state index in [1.807, 2.05) is 30.1 Å². The number of aromatic nitrogens is 4. The molecule has 1 aromatic carbocycles. The fraction of sp³-hybridized carbons (Fsp3) is 0.394. The van der Waals surface area contributed by atoms with E-state index in [2.05, 4.69) is 37.1 Å². The van der Waals surface area contributed by atoms with Crippen LogP contribution in [0.2, 0.25) is 0 Å². The van der Waals surface area contributed by atoms with Crippen molar-refractivity contribution >= 4 is 39.4 Å². The zero-order valence-electron chi connectivity index (χ0n) is 25.9. The molecule has 3 aliphatic rings. The zero-order valence-corrected chi connectivity index (χ0v) is 25.9. The van der Waals surface area contributed by atoms with Crippen LogP contribution in [0, 0.1) is 0 Å². The van der Waals surface area contributed by atoms with Crippen molar-refractivity contribution in [1.82, 2.24) is 19.9 Å². The summed E-state index contributed by atoms with van der Waals surface area (Å²) in [5.74, 6) is -0.0879. The molecule has 0 aliphatic carbocycles. The molecule has 14 heteroatoms. The number of rotatable bonds is 4. The molecule has 47 heavy (non-hydrogen) atoms. The first-order chi connectivity index (χ1) is 22.7. The molecular formula is C33H34F3N7O4. The molecule has 2 N–H and O–H groups in total. The van der Waals surface area contributed by atoms with Crippen LogP contribution in [-0.4, -0.2) is 78.1 Å². The highest BCUT2D eigenvalue weighted by molar-refractivity contribution is 6.05. The molecule has 3 saturated heterocycles. The number of alkyl halides is 3. The van der Waals surface area contributed by atoms with Gasteiger partial charge in [-0.2, -0.15) is 13.2 Å². The Labute approximate surface area is 267 Å². The SMILES string of the molecule is CNc1cc(-c2c[nH]c(=O)c(N3CCOC4(COC4)C3C)c2)ccn1.FC(F)(F)c1nc(N2CCCC2)c2oc3ccccc3c2n1. The van der Waals surface area contributed by atoms with Gasteiger partial charge in [0.2, 0.25) is 5.82 Å². The molecular weight excluding hydrogens is 615 g/mol. The lowest BCUT2D eigenvalue weighted by molar-refractivity contribution is -0.228. The minimum absolute atomic E-state index is 0.0802. The highest BCUT2D eigenvalue weighted by Crippen LogP contribution is 2.38. The van der Waals surface area contributed by atoms with Gasteiger partial charge in [0.25, 0.3) is 5.56 Å². The summed E-state index contributed by atoms with van der Waals surface area (Å²) in [6, 6.07) is 12.9. The van der Waals surface area contributed by atoms with Crippen LogP contribution in [0.15, 0.2) is 64.1 Å². The molecule has 0 saturated carbocycles. The number of ether oxygens (including phenoxy) is 2. The normalized spacial score (nSPS) is 19.1. The average Bonchev–Trinajstić information content (AvgIpc) is 3.73. The lowest BCUT2D eigenvalue weighted by atomic mass is 9.90. The molecule has 1 spiro atoms. The smallest absolute Gasteiger partial charge is 0.450 e. The highest BCUT2D eigenvalue weighted by Gasteiger charge is 2.50. The number of hydrogen-bond acceptors (Lipinski definition) is 10. The molecule has 4 aromatic heterocycles. The van der Waals surface area contributed by atoms with Crippen molar-refractivity contribution in [3.63, 3.8) is 0 Å². The van der Waals surface area contributed by atoms with Crippen molar-refractivity contribution in [2.45, 2.75) is 37.6 Å². The van der Waals surface area contributed by atoms with Crippen LogP contribution in [0.1, 0.15) is 25.6 Å². The van der Waals surface area contributed by atoms with E-state index in [1.54, 1.807) is 36.7 Å². The number of benzene rings is 1. The van der Waals surface area contributed by atoms with Crippen LogP contribution < -0.4 is 20.7 Å². The Balaban J connectivity index is 0.000000151. The third-order valence-electron chi connectivity index (χ3n) is 9.05. The molecule has 0 amide bonds. The Hall–Kier alpha value is -4.69. The number of halogens is 3. The quantitative estimate of drug-likeness (QED) is 0.259. The fourth-order valence-corrected chi connectivity index (χ4v) is 6.35. The Kier molecular flexibility index (Phi) is 8.00. The van der Waals surface area contributed by atoms with Crippen LogP contribution in [-0.2, 0) is 15.7 Å². The lowest BCUT2D eigenvalue weighted by Crippen LogP contribution is -2.68. The second-order valence-electron chi connectivity index (χ2n) is 11.9. The van der Waals surface area contributed by atoms with Crippen molar-refractivity contribution in [2.75, 3.05) is 61.6 Å². The Morgan fingerprint density at radius 1 is 1.04 bits per heavy atom. The van der Waals surface area contributed by atoms with Gasteiger partial charge in [-0.25, -0.2) is 15.0 Å². The van der Waals surface area contributed by atoms with E-state index in [0.29, 0.717) is 61.7 Å². The van der Waals surface area contributed by atoms with E-state index in [4.69, 9.17) is 13.9 Å². The number of anilines is 3. The number of pyridine rings is 2. The van der Waals surface area contributed by atoms with E-state index >= 15 is 0 Å². The zero-order chi connectivity index (χ0) is 32.8. The summed E-state index contributed by atoms with van der Waals surface area (Å²) >= 11 is 0. The predicted molar refractivity (Wildman–Crippen MR) is 172 cm³/mol. The molecule has 5 aromatic rings. The minimum Gasteiger partial charge on any atom is -0.450 e. The summed E-state index contributed by atoms with van der Waals surface area (Å²) in [5.41, 5.74) is 3.31. The fourth-order valence-electron chi connectivity index (χ4n) is 6.35. The van der Waals surface area contributed by atoms with Crippen molar-refractivity contribution in [3.05, 3.63) is 71.0 Å². The maximum Gasteiger partial charge on any atom is 0.451 e. The Bertz CT molecular complexity index is 1970. The first-order valence-electron chi connectivity index (χ1n) is 15.5. The summed E-state index contributed by atoms with van der Waals surface area (Å²) < 4.78 is 56.4. The summed E-state index contributed by atoms with van der Waals surface area (Å²) in [5, 5.41) is 3.61. The van der Waals surface area contributed by atoms with Gasteiger partial charge in [0.1, 0.15) is 28.2 Å². The number of H-pyrrole nitrogens is 1. The van der Waals surface area contributed by atoms with Crippen LogP contribution in [0.5, 0.6) is 0 Å². The minimum atomic E-state index is -4.58. The van der Waals surface area contributed by atoms with Gasteiger partial charge in [0.05, 0.1) is 25.9 Å². The van der Waals surface area contributed by atoms with Crippen LogP contribution in [0.3, 0.4) is 0 Å². The lowest BCUT2D eigenvalue weighted by Gasteiger charge is -2.53. The van der Waals surface area contributed by atoms with E-state index in [0.717, 1.165) is 29.8 Å². The number of morpholine rings is 1. The number of hydrogen-bond donors (Lipinski definition) is 2. The molecule has 11 nitrogen and oxygen atoms in total. The van der Waals surface area contributed by atoms with Gasteiger partial charge in [-0.05, 0) is 55.7 Å². The van der Waals surface area contributed by atoms with Crippen molar-refractivity contribution in [2.24, 2.45) is 0 Å². The number of aromatic amines is 1. The maximum absolute atomic E-state index is 13.1. The molecule has 1 unspecified atom stereocenters. The van der Waals surface area contributed by atoms with E-state index < -0.39 is 12.0 Å². The largest absolute Gasteiger partial charge is 0.451 e. The number of furan rings is 1. The summed E-state index contributed by atoms with van der Waals surface area (Å²) in [7, 11) is 1.83. The van der Waals surface area contributed by atoms with Gasteiger partial charge < -0.3 is 34.0 Å². The standard InChI is InChI=1S/C18H22N4O3.C15H12F3N3O/c1-12-18(10-24-11-18)25-6-5-22(12)15-7-14(9-21-17(15)23)13-3-4-20-16(8-13)19-2;16-15(17,18)14-19-11-9-5-1-2-6-10(9)22-12(11)13(20-14)21-7-3-4-8-21/h3-4,7-9,12H,5-6,10-11H2,1-2H3,(H,19,20)(H,21,23);1-2,5-6H,3-4,7-8H2. The van der Waals surface area contributed by atoms with Gasteiger partial charge in [-0.1, -0.05) is 12.1 Å². The van der Waals surface area contributed by atoms with E-state index in [9.17, 15) is 18.0 Å². The van der Waals surface area contributed by atoms with Gasteiger partial charge in [-0.3, -0.25) is 4.79 Å². The molecule has 7 heterocycles. The summed E-state index contributed by atoms with van der Waals surface area (Å²) in [6.45, 7) is 5.90. The van der Waals surface area contributed by atoms with Gasteiger partial charge in [-0.15, -0.1) is 0 Å². The number of para-hydroxylation sites is 1. The molecule has 0 bridgehead atoms. The Morgan fingerprint density at radius 2 is 1.83 bits per heavy atom. The molecule has 3 fully saturated rings. The van der Waals surface area contributed by atoms with Crippen molar-refractivity contribution < 1.29 is 27.1 Å². The third-order valence-corrected chi connectivity index (χ3v) is 9.05. The predicted octanol–water partition coefficient (Wildman–Crippen LogP) is 5.47. The number of fused-ring (bicyclic) bond motifs is 3.